The van der Waals surface area contributed by atoms with Crippen LogP contribution in [-0.4, -0.2) is 50.6 Å². The van der Waals surface area contributed by atoms with Gasteiger partial charge in [0.2, 0.25) is 0 Å². The van der Waals surface area contributed by atoms with Crippen LogP contribution in [0.5, 0.6) is 0 Å². The summed E-state index contributed by atoms with van der Waals surface area (Å²) in [5, 5.41) is 5.60. The van der Waals surface area contributed by atoms with Crippen LogP contribution in [0.3, 0.4) is 0 Å². The number of aryl methyl sites for hydroxylation is 2. The van der Waals surface area contributed by atoms with Crippen molar-refractivity contribution in [2.45, 2.75) is 26.3 Å². The smallest absolute Gasteiger partial charge is 0.312 e. The highest BCUT2D eigenvalue weighted by atomic mass is 16.5. The predicted molar refractivity (Wildman–Crippen MR) is 88.7 cm³/mol. The zero-order chi connectivity index (χ0) is 17.7. The Bertz CT molecular complexity index is 624. The highest BCUT2D eigenvalue weighted by molar-refractivity contribution is 5.92. The van der Waals surface area contributed by atoms with Crippen molar-refractivity contribution in [2.24, 2.45) is 0 Å². The number of nitrogens with one attached hydrogen (secondary N) is 3. The van der Waals surface area contributed by atoms with Gasteiger partial charge in [0.1, 0.15) is 6.42 Å². The van der Waals surface area contributed by atoms with Crippen LogP contribution < -0.4 is 15.5 Å². The van der Waals surface area contributed by atoms with Crippen molar-refractivity contribution in [3.05, 3.63) is 29.3 Å². The Labute approximate surface area is 141 Å². The van der Waals surface area contributed by atoms with E-state index in [1.165, 1.54) is 7.11 Å². The lowest BCUT2D eigenvalue weighted by atomic mass is 10.1. The number of esters is 1. The number of piperazine rings is 1. The number of anilines is 1. The zero-order valence-corrected chi connectivity index (χ0v) is 14.3. The third-order valence-electron chi connectivity index (χ3n) is 4.05. The molecule has 1 saturated heterocycles. The number of methoxy groups -OCH3 is 1. The molecule has 130 valence electrons. The first kappa shape index (κ1) is 17.9. The van der Waals surface area contributed by atoms with Gasteiger partial charge in [-0.3, -0.25) is 14.4 Å². The van der Waals surface area contributed by atoms with E-state index < -0.39 is 12.0 Å². The summed E-state index contributed by atoms with van der Waals surface area (Å²) < 4.78 is 4.64. The maximum atomic E-state index is 12.3. The maximum absolute atomic E-state index is 12.3. The molecule has 7 nitrogen and oxygen atoms in total. The Morgan fingerprint density at radius 1 is 1.29 bits per heavy atom. The molecular formula is C17H24N3O4+. The van der Waals surface area contributed by atoms with E-state index in [1.54, 1.807) is 0 Å². The molecule has 1 aliphatic rings. The summed E-state index contributed by atoms with van der Waals surface area (Å²) in [4.78, 5) is 36.6. The summed E-state index contributed by atoms with van der Waals surface area (Å²) in [6, 6.07) is 5.23. The van der Waals surface area contributed by atoms with Gasteiger partial charge in [0, 0.05) is 5.69 Å². The lowest BCUT2D eigenvalue weighted by Gasteiger charge is -2.30. The van der Waals surface area contributed by atoms with Crippen molar-refractivity contribution in [3.63, 3.8) is 0 Å². The second-order valence-electron chi connectivity index (χ2n) is 6.13. The Hall–Kier alpha value is -2.41. The first-order valence-electron chi connectivity index (χ1n) is 7.96. The molecule has 1 aliphatic heterocycles. The van der Waals surface area contributed by atoms with Crippen molar-refractivity contribution < 1.29 is 24.0 Å². The Balaban J connectivity index is 2.02. The van der Waals surface area contributed by atoms with Gasteiger partial charge in [0.05, 0.1) is 20.2 Å². The molecule has 24 heavy (non-hydrogen) atoms. The van der Waals surface area contributed by atoms with E-state index >= 15 is 0 Å². The zero-order valence-electron chi connectivity index (χ0n) is 14.3. The van der Waals surface area contributed by atoms with Crippen LogP contribution in [0.4, 0.5) is 5.69 Å². The molecule has 2 rings (SSSR count). The average molecular weight is 334 g/mol. The fourth-order valence-corrected chi connectivity index (χ4v) is 2.99. The lowest BCUT2D eigenvalue weighted by molar-refractivity contribution is -0.909. The summed E-state index contributed by atoms with van der Waals surface area (Å²) in [5.74, 6) is -0.857. The minimum atomic E-state index is -0.601. The van der Waals surface area contributed by atoms with Gasteiger partial charge in [0.25, 0.3) is 11.8 Å². The van der Waals surface area contributed by atoms with Crippen molar-refractivity contribution in [2.75, 3.05) is 32.1 Å². The van der Waals surface area contributed by atoms with Crippen LogP contribution in [0.25, 0.3) is 0 Å². The summed E-state index contributed by atoms with van der Waals surface area (Å²) in [6.07, 6.45) is -0.0332. The first-order valence-corrected chi connectivity index (χ1v) is 7.96. The van der Waals surface area contributed by atoms with Gasteiger partial charge in [-0.15, -0.1) is 0 Å². The van der Waals surface area contributed by atoms with Gasteiger partial charge in [-0.25, -0.2) is 0 Å². The van der Waals surface area contributed by atoms with E-state index in [-0.39, 0.29) is 24.8 Å². The molecule has 1 aromatic rings. The molecule has 2 atom stereocenters. The number of carbonyl (C=O) groups excluding carboxylic acids is 3. The normalized spacial score (nSPS) is 20.2. The number of ether oxygens (including phenoxy) is 1. The lowest BCUT2D eigenvalue weighted by Crippen LogP contribution is -3.20. The van der Waals surface area contributed by atoms with Crippen LogP contribution in [0.2, 0.25) is 0 Å². The van der Waals surface area contributed by atoms with E-state index in [4.69, 9.17) is 0 Å². The molecule has 1 unspecified atom stereocenters. The number of quaternary nitrogens is 1. The van der Waals surface area contributed by atoms with Gasteiger partial charge in [-0.05, 0) is 37.1 Å². The quantitative estimate of drug-likeness (QED) is 0.615. The Morgan fingerprint density at radius 3 is 2.58 bits per heavy atom. The van der Waals surface area contributed by atoms with E-state index in [0.29, 0.717) is 13.1 Å². The van der Waals surface area contributed by atoms with E-state index in [1.807, 2.05) is 32.0 Å². The molecule has 1 fully saturated rings. The number of hydrogen-bond acceptors (Lipinski definition) is 4. The van der Waals surface area contributed by atoms with Crippen LogP contribution in [0, 0.1) is 13.8 Å². The van der Waals surface area contributed by atoms with Crippen molar-refractivity contribution in [3.8, 4) is 0 Å². The highest BCUT2D eigenvalue weighted by Crippen LogP contribution is 2.13. The van der Waals surface area contributed by atoms with Crippen LogP contribution >= 0.6 is 0 Å². The van der Waals surface area contributed by atoms with E-state index in [0.717, 1.165) is 21.7 Å². The molecule has 1 aromatic carbocycles. The third-order valence-corrected chi connectivity index (χ3v) is 4.05. The second kappa shape index (κ2) is 7.92. The van der Waals surface area contributed by atoms with Gasteiger partial charge < -0.3 is 20.3 Å². The summed E-state index contributed by atoms with van der Waals surface area (Å²) >= 11 is 0. The number of benzene rings is 1. The van der Waals surface area contributed by atoms with Gasteiger partial charge >= 0.3 is 5.97 Å². The SMILES string of the molecule is COC(=O)C[C@@H]1C(=O)NCC[NH+]1CC(=O)Nc1cc(C)cc(C)c1. The summed E-state index contributed by atoms with van der Waals surface area (Å²) in [6.45, 7) is 5.14. The van der Waals surface area contributed by atoms with Gasteiger partial charge in [0.15, 0.2) is 12.6 Å². The average Bonchev–Trinajstić information content (AvgIpc) is 2.49. The highest BCUT2D eigenvalue weighted by Gasteiger charge is 2.36. The molecular weight excluding hydrogens is 310 g/mol. The molecule has 2 amide bonds. The minimum Gasteiger partial charge on any atom is -0.469 e. The molecule has 1 heterocycles. The maximum Gasteiger partial charge on any atom is 0.312 e. The topological polar surface area (TPSA) is 88.9 Å². The third kappa shape index (κ3) is 4.79. The van der Waals surface area contributed by atoms with E-state index in [9.17, 15) is 14.4 Å². The fourth-order valence-electron chi connectivity index (χ4n) is 2.99. The molecule has 0 saturated carbocycles. The van der Waals surface area contributed by atoms with Gasteiger partial charge in [-0.1, -0.05) is 6.07 Å². The van der Waals surface area contributed by atoms with Crippen LogP contribution in [0.15, 0.2) is 18.2 Å². The summed E-state index contributed by atoms with van der Waals surface area (Å²) in [7, 11) is 1.29. The number of carbonyl (C=O) groups is 3. The molecule has 0 aromatic heterocycles. The molecule has 0 radical (unpaired) electrons. The van der Waals surface area contributed by atoms with Gasteiger partial charge in [-0.2, -0.15) is 0 Å². The largest absolute Gasteiger partial charge is 0.469 e. The number of rotatable bonds is 5. The summed E-state index contributed by atoms with van der Waals surface area (Å²) in [5.41, 5.74) is 2.88. The predicted octanol–water partition coefficient (Wildman–Crippen LogP) is -0.812. The Kier molecular flexibility index (Phi) is 5.92. The first-order chi connectivity index (χ1) is 11.4. The van der Waals surface area contributed by atoms with Crippen molar-refractivity contribution >= 4 is 23.5 Å². The van der Waals surface area contributed by atoms with E-state index in [2.05, 4.69) is 15.4 Å². The fraction of sp³-hybridized carbons (Fsp3) is 0.471. The molecule has 0 aliphatic carbocycles. The minimum absolute atomic E-state index is 0.0332. The second-order valence-corrected chi connectivity index (χ2v) is 6.13. The molecule has 0 bridgehead atoms. The monoisotopic (exact) mass is 334 g/mol. The van der Waals surface area contributed by atoms with Crippen LogP contribution in [-0.2, 0) is 19.1 Å². The molecule has 7 heteroatoms. The molecule has 0 spiro atoms. The van der Waals surface area contributed by atoms with Crippen LogP contribution in [0.1, 0.15) is 17.5 Å². The van der Waals surface area contributed by atoms with Crippen molar-refractivity contribution in [1.82, 2.24) is 5.32 Å². The Morgan fingerprint density at radius 2 is 1.96 bits per heavy atom. The standard InChI is InChI=1S/C17H23N3O4/c1-11-6-12(2)8-13(7-11)19-15(21)10-20-5-4-18-17(23)14(20)9-16(22)24-3/h6-8,14H,4-5,9-10H2,1-3H3,(H,18,23)(H,19,21)/p+1/t14-/m1/s1. The number of amides is 2. The number of hydrogen-bond donors (Lipinski definition) is 3. The molecule has 3 N–H and O–H groups in total. The van der Waals surface area contributed by atoms with Crippen molar-refractivity contribution in [1.29, 1.82) is 0 Å².